The van der Waals surface area contributed by atoms with Crippen LogP contribution in [0.1, 0.15) is 41.3 Å². The summed E-state index contributed by atoms with van der Waals surface area (Å²) >= 11 is 0. The van der Waals surface area contributed by atoms with Crippen molar-refractivity contribution >= 4 is 18.1 Å². The van der Waals surface area contributed by atoms with Gasteiger partial charge in [0.15, 0.2) is 11.5 Å². The SMILES string of the molecule is COc1cc(C=O)cc2c1OC1C2C(C(=O)NCCO)=CC(N(Cc2ccccc2F)C(=O)C=C(C)C)C1O. The number of aldehydes is 1. The molecule has 0 saturated carbocycles. The lowest BCUT2D eigenvalue weighted by molar-refractivity contribution is -0.133. The zero-order valence-corrected chi connectivity index (χ0v) is 21.9. The maximum absolute atomic E-state index is 14.6. The Bertz CT molecular complexity index is 1330. The van der Waals surface area contributed by atoms with Crippen LogP contribution in [0.2, 0.25) is 0 Å². The molecule has 4 atom stereocenters. The number of carbonyl (C=O) groups is 3. The van der Waals surface area contributed by atoms with Gasteiger partial charge in [0.1, 0.15) is 24.3 Å². The number of amides is 2. The normalized spacial score (nSPS) is 21.0. The molecule has 0 fully saturated rings. The van der Waals surface area contributed by atoms with Gasteiger partial charge in [-0.2, -0.15) is 0 Å². The first-order valence-corrected chi connectivity index (χ1v) is 12.5. The Labute approximate surface area is 225 Å². The van der Waals surface area contributed by atoms with Crippen molar-refractivity contribution in [2.24, 2.45) is 0 Å². The van der Waals surface area contributed by atoms with Crippen LogP contribution in [0.5, 0.6) is 11.5 Å². The van der Waals surface area contributed by atoms with Crippen LogP contribution in [0.25, 0.3) is 0 Å². The van der Waals surface area contributed by atoms with Crippen LogP contribution in [0.4, 0.5) is 4.39 Å². The minimum Gasteiger partial charge on any atom is -0.493 e. The number of aliphatic hydroxyl groups is 2. The number of ether oxygens (including phenoxy) is 2. The van der Waals surface area contributed by atoms with E-state index in [1.54, 1.807) is 32.0 Å². The van der Waals surface area contributed by atoms with Gasteiger partial charge in [-0.15, -0.1) is 0 Å². The van der Waals surface area contributed by atoms with Gasteiger partial charge in [0.05, 0.1) is 25.7 Å². The van der Waals surface area contributed by atoms with Crippen LogP contribution in [0.15, 0.2) is 59.7 Å². The molecule has 0 radical (unpaired) electrons. The fourth-order valence-electron chi connectivity index (χ4n) is 5.03. The maximum Gasteiger partial charge on any atom is 0.247 e. The first-order chi connectivity index (χ1) is 18.7. The lowest BCUT2D eigenvalue weighted by Gasteiger charge is -2.40. The van der Waals surface area contributed by atoms with Crippen molar-refractivity contribution in [3.8, 4) is 11.5 Å². The van der Waals surface area contributed by atoms with Crippen molar-refractivity contribution in [2.45, 2.75) is 44.6 Å². The molecule has 1 aliphatic heterocycles. The van der Waals surface area contributed by atoms with Gasteiger partial charge in [0.25, 0.3) is 0 Å². The van der Waals surface area contributed by atoms with E-state index in [9.17, 15) is 29.0 Å². The minimum absolute atomic E-state index is 0.0260. The summed E-state index contributed by atoms with van der Waals surface area (Å²) in [5.74, 6) is -1.81. The highest BCUT2D eigenvalue weighted by Gasteiger charge is 2.51. The number of nitrogens with zero attached hydrogens (tertiary/aromatic N) is 1. The lowest BCUT2D eigenvalue weighted by Crippen LogP contribution is -2.55. The molecule has 1 heterocycles. The largest absolute Gasteiger partial charge is 0.493 e. The van der Waals surface area contributed by atoms with Gasteiger partial charge in [0.2, 0.25) is 11.8 Å². The molecular weight excluding hydrogens is 507 g/mol. The van der Waals surface area contributed by atoms with Gasteiger partial charge < -0.3 is 29.9 Å². The Kier molecular flexibility index (Phi) is 8.47. The van der Waals surface area contributed by atoms with Gasteiger partial charge in [-0.05, 0) is 38.1 Å². The molecule has 0 spiro atoms. The van der Waals surface area contributed by atoms with Crippen LogP contribution in [-0.4, -0.2) is 71.7 Å². The molecule has 9 nitrogen and oxygen atoms in total. The first kappa shape index (κ1) is 28.0. The van der Waals surface area contributed by atoms with E-state index in [-0.39, 0.29) is 42.3 Å². The molecule has 2 aliphatic rings. The fraction of sp³-hybridized carbons (Fsp3) is 0.345. The molecule has 206 valence electrons. The number of hydrogen-bond acceptors (Lipinski definition) is 7. The molecular formula is C29H31FN2O7. The predicted octanol–water partition coefficient (Wildman–Crippen LogP) is 2.26. The van der Waals surface area contributed by atoms with Crippen LogP contribution in [-0.2, 0) is 16.1 Å². The van der Waals surface area contributed by atoms with E-state index in [0.29, 0.717) is 23.0 Å². The molecule has 0 bridgehead atoms. The standard InChI is InChI=1S/C29H31FN2O7/c1-16(2)10-24(35)32(14-18-6-4-5-7-21(18)30)22-13-20(29(37)31-8-9-33)25-19-11-17(15-34)12-23(38-3)27(19)39-28(25)26(22)36/h4-7,10-13,15,22,25-26,28,33,36H,8-9,14H2,1-3H3,(H,31,37). The van der Waals surface area contributed by atoms with Crippen molar-refractivity contribution in [1.29, 1.82) is 0 Å². The Morgan fingerprint density at radius 2 is 1.97 bits per heavy atom. The zero-order chi connectivity index (χ0) is 28.3. The number of nitrogens with one attached hydrogen (secondary N) is 1. The van der Waals surface area contributed by atoms with Crippen LogP contribution >= 0.6 is 0 Å². The molecule has 1 aliphatic carbocycles. The van der Waals surface area contributed by atoms with E-state index < -0.39 is 41.8 Å². The number of carbonyl (C=O) groups excluding carboxylic acids is 3. The van der Waals surface area contributed by atoms with E-state index in [1.807, 2.05) is 0 Å². The van der Waals surface area contributed by atoms with Gasteiger partial charge >= 0.3 is 0 Å². The number of allylic oxidation sites excluding steroid dienone is 1. The highest BCUT2D eigenvalue weighted by atomic mass is 19.1. The number of benzene rings is 2. The molecule has 39 heavy (non-hydrogen) atoms. The van der Waals surface area contributed by atoms with Crippen molar-refractivity contribution in [1.82, 2.24) is 10.2 Å². The highest BCUT2D eigenvalue weighted by Crippen LogP contribution is 2.51. The summed E-state index contributed by atoms with van der Waals surface area (Å²) < 4.78 is 26.2. The molecule has 4 rings (SSSR count). The van der Waals surface area contributed by atoms with E-state index in [2.05, 4.69) is 5.32 Å². The molecule has 0 saturated heterocycles. The number of methoxy groups -OCH3 is 1. The Hall–Kier alpha value is -4.02. The number of hydrogen-bond donors (Lipinski definition) is 3. The van der Waals surface area contributed by atoms with Crippen molar-refractivity contribution in [2.75, 3.05) is 20.3 Å². The van der Waals surface area contributed by atoms with Gasteiger partial charge in [-0.25, -0.2) is 4.39 Å². The average Bonchev–Trinajstić information content (AvgIpc) is 3.31. The second-order valence-corrected chi connectivity index (χ2v) is 9.68. The molecule has 0 aromatic heterocycles. The molecule has 10 heteroatoms. The number of aliphatic hydroxyl groups excluding tert-OH is 2. The van der Waals surface area contributed by atoms with Crippen molar-refractivity contribution in [3.05, 3.63) is 82.2 Å². The van der Waals surface area contributed by atoms with Crippen molar-refractivity contribution in [3.63, 3.8) is 0 Å². The average molecular weight is 539 g/mol. The zero-order valence-electron chi connectivity index (χ0n) is 21.9. The summed E-state index contributed by atoms with van der Waals surface area (Å²) in [5, 5.41) is 23.5. The smallest absolute Gasteiger partial charge is 0.247 e. The Balaban J connectivity index is 1.86. The Morgan fingerprint density at radius 1 is 1.23 bits per heavy atom. The number of rotatable bonds is 9. The van der Waals surface area contributed by atoms with Crippen LogP contribution in [0, 0.1) is 5.82 Å². The molecule has 2 amide bonds. The quantitative estimate of drug-likeness (QED) is 0.330. The third-order valence-electron chi connectivity index (χ3n) is 6.76. The van der Waals surface area contributed by atoms with Crippen molar-refractivity contribution < 1.29 is 38.5 Å². The second-order valence-electron chi connectivity index (χ2n) is 9.68. The maximum atomic E-state index is 14.6. The number of fused-ring (bicyclic) bond motifs is 3. The van der Waals surface area contributed by atoms with Crippen LogP contribution in [0.3, 0.4) is 0 Å². The molecule has 3 N–H and O–H groups in total. The summed E-state index contributed by atoms with van der Waals surface area (Å²) in [7, 11) is 1.41. The Morgan fingerprint density at radius 3 is 2.62 bits per heavy atom. The first-order valence-electron chi connectivity index (χ1n) is 12.5. The summed E-state index contributed by atoms with van der Waals surface area (Å²) in [6.07, 6.45) is 1.14. The summed E-state index contributed by atoms with van der Waals surface area (Å²) in [6, 6.07) is 7.99. The second kappa shape index (κ2) is 11.8. The lowest BCUT2D eigenvalue weighted by atomic mass is 9.77. The van der Waals surface area contributed by atoms with E-state index >= 15 is 0 Å². The van der Waals surface area contributed by atoms with Gasteiger partial charge in [-0.3, -0.25) is 14.4 Å². The highest BCUT2D eigenvalue weighted by molar-refractivity contribution is 5.97. The topological polar surface area (TPSA) is 125 Å². The number of halogens is 1. The van der Waals surface area contributed by atoms with Crippen LogP contribution < -0.4 is 14.8 Å². The molecule has 4 unspecified atom stereocenters. The monoisotopic (exact) mass is 538 g/mol. The van der Waals surface area contributed by atoms with E-state index in [4.69, 9.17) is 9.47 Å². The van der Waals surface area contributed by atoms with Gasteiger partial charge in [-0.1, -0.05) is 23.8 Å². The third kappa shape index (κ3) is 5.57. The summed E-state index contributed by atoms with van der Waals surface area (Å²) in [5.41, 5.74) is 1.87. The molecule has 2 aromatic carbocycles. The summed E-state index contributed by atoms with van der Waals surface area (Å²) in [6.45, 7) is 2.98. The fourth-order valence-corrected chi connectivity index (χ4v) is 5.03. The predicted molar refractivity (Wildman–Crippen MR) is 140 cm³/mol. The minimum atomic E-state index is -1.33. The molecule has 2 aromatic rings. The van der Waals surface area contributed by atoms with Gasteiger partial charge in [0, 0.05) is 41.4 Å². The van der Waals surface area contributed by atoms with E-state index in [1.165, 1.54) is 42.4 Å². The summed E-state index contributed by atoms with van der Waals surface area (Å²) in [4.78, 5) is 39.7. The third-order valence-corrected chi connectivity index (χ3v) is 6.76. The van der Waals surface area contributed by atoms with E-state index in [0.717, 1.165) is 0 Å².